The summed E-state index contributed by atoms with van der Waals surface area (Å²) < 4.78 is 10.9. The van der Waals surface area contributed by atoms with Gasteiger partial charge in [-0.2, -0.15) is 0 Å². The highest BCUT2D eigenvalue weighted by atomic mass is 35.5. The molecule has 0 fully saturated rings. The van der Waals surface area contributed by atoms with Crippen molar-refractivity contribution in [2.24, 2.45) is 5.73 Å². The first-order valence-electron chi connectivity index (χ1n) is 5.67. The van der Waals surface area contributed by atoms with Gasteiger partial charge >= 0.3 is 0 Å². The molecule has 0 aliphatic carbocycles. The normalized spacial score (nSPS) is 10.5. The number of carbonyl (C=O) groups is 1. The highest BCUT2D eigenvalue weighted by molar-refractivity contribution is 7.99. The van der Waals surface area contributed by atoms with E-state index in [1.807, 2.05) is 6.92 Å². The van der Waals surface area contributed by atoms with Gasteiger partial charge in [0.15, 0.2) is 6.61 Å². The lowest BCUT2D eigenvalue weighted by Crippen LogP contribution is -2.12. The molecular formula is C12H12ClN3O3S. The van der Waals surface area contributed by atoms with E-state index < -0.39 is 5.91 Å². The first-order valence-corrected chi connectivity index (χ1v) is 7.03. The van der Waals surface area contributed by atoms with Crippen LogP contribution in [0.2, 0.25) is 5.02 Å². The average molecular weight is 314 g/mol. The highest BCUT2D eigenvalue weighted by Gasteiger charge is 2.09. The second-order valence-electron chi connectivity index (χ2n) is 3.92. The van der Waals surface area contributed by atoms with Crippen molar-refractivity contribution in [1.29, 1.82) is 0 Å². The largest absolute Gasteiger partial charge is 0.484 e. The summed E-state index contributed by atoms with van der Waals surface area (Å²) in [5, 5.41) is 8.53. The van der Waals surface area contributed by atoms with E-state index >= 15 is 0 Å². The van der Waals surface area contributed by atoms with Crippen molar-refractivity contribution in [1.82, 2.24) is 10.2 Å². The number of aryl methyl sites for hydroxylation is 1. The lowest BCUT2D eigenvalue weighted by atomic mass is 10.2. The Balaban J connectivity index is 1.92. The van der Waals surface area contributed by atoms with E-state index in [2.05, 4.69) is 10.2 Å². The average Bonchev–Trinajstić information content (AvgIpc) is 2.83. The number of aromatic nitrogens is 2. The van der Waals surface area contributed by atoms with Crippen molar-refractivity contribution < 1.29 is 13.9 Å². The van der Waals surface area contributed by atoms with E-state index in [1.54, 1.807) is 18.2 Å². The van der Waals surface area contributed by atoms with E-state index in [4.69, 9.17) is 26.5 Å². The van der Waals surface area contributed by atoms with Crippen LogP contribution in [0.4, 0.5) is 0 Å². The molecule has 106 valence electrons. The molecule has 0 aliphatic heterocycles. The second-order valence-corrected chi connectivity index (χ2v) is 5.28. The number of hydrogen-bond acceptors (Lipinski definition) is 6. The number of carbonyl (C=O) groups excluding carboxylic acids is 1. The molecule has 2 N–H and O–H groups in total. The van der Waals surface area contributed by atoms with Crippen molar-refractivity contribution in [3.63, 3.8) is 0 Å². The van der Waals surface area contributed by atoms with Gasteiger partial charge in [0.25, 0.3) is 11.1 Å². The standard InChI is InChI=1S/C12H12ClN3O3S/c1-7-4-8(13)2-3-9(7)18-5-11-15-16-12(19-11)20-6-10(14)17/h2-4H,5-6H2,1H3,(H2,14,17). The van der Waals surface area contributed by atoms with Crippen molar-refractivity contribution in [2.45, 2.75) is 18.8 Å². The van der Waals surface area contributed by atoms with Crippen LogP contribution in [0.25, 0.3) is 0 Å². The van der Waals surface area contributed by atoms with Gasteiger partial charge in [-0.3, -0.25) is 4.79 Å². The maximum absolute atomic E-state index is 10.6. The Morgan fingerprint density at radius 3 is 3.00 bits per heavy atom. The zero-order valence-corrected chi connectivity index (χ0v) is 12.2. The van der Waals surface area contributed by atoms with E-state index in [0.717, 1.165) is 17.3 Å². The third-order valence-corrected chi connectivity index (χ3v) is 3.35. The Morgan fingerprint density at radius 1 is 1.50 bits per heavy atom. The Bertz CT molecular complexity index is 618. The van der Waals surface area contributed by atoms with Gasteiger partial charge in [-0.05, 0) is 30.7 Å². The predicted molar refractivity (Wildman–Crippen MR) is 74.7 cm³/mol. The minimum atomic E-state index is -0.442. The van der Waals surface area contributed by atoms with Gasteiger partial charge < -0.3 is 14.9 Å². The number of benzene rings is 1. The Labute approximate surface area is 124 Å². The molecule has 0 radical (unpaired) electrons. The summed E-state index contributed by atoms with van der Waals surface area (Å²) in [5.74, 6) is 0.673. The molecule has 6 nitrogen and oxygen atoms in total. The number of ether oxygens (including phenoxy) is 1. The third-order valence-electron chi connectivity index (χ3n) is 2.27. The molecule has 0 unspecified atom stereocenters. The molecule has 0 atom stereocenters. The first kappa shape index (κ1) is 14.7. The van der Waals surface area contributed by atoms with Crippen molar-refractivity contribution in [3.05, 3.63) is 34.7 Å². The van der Waals surface area contributed by atoms with Crippen LogP contribution in [-0.4, -0.2) is 21.9 Å². The molecule has 0 saturated heterocycles. The van der Waals surface area contributed by atoms with Gasteiger partial charge in [-0.25, -0.2) is 0 Å². The number of nitrogens with two attached hydrogens (primary N) is 1. The highest BCUT2D eigenvalue weighted by Crippen LogP contribution is 2.23. The minimum Gasteiger partial charge on any atom is -0.484 e. The molecule has 1 aromatic carbocycles. The Hall–Kier alpha value is -1.73. The summed E-state index contributed by atoms with van der Waals surface area (Å²) >= 11 is 6.95. The third kappa shape index (κ3) is 4.14. The summed E-state index contributed by atoms with van der Waals surface area (Å²) in [7, 11) is 0. The fourth-order valence-electron chi connectivity index (χ4n) is 1.40. The van der Waals surface area contributed by atoms with Gasteiger partial charge in [0.1, 0.15) is 5.75 Å². The van der Waals surface area contributed by atoms with Crippen molar-refractivity contribution >= 4 is 29.3 Å². The smallest absolute Gasteiger partial charge is 0.277 e. The first-order chi connectivity index (χ1) is 9.54. The summed E-state index contributed by atoms with van der Waals surface area (Å²) in [5.41, 5.74) is 5.94. The number of halogens is 1. The molecule has 2 rings (SSSR count). The Kier molecular flexibility index (Phi) is 4.86. The molecular weight excluding hydrogens is 302 g/mol. The van der Waals surface area contributed by atoms with Crippen LogP contribution < -0.4 is 10.5 Å². The van der Waals surface area contributed by atoms with E-state index in [1.165, 1.54) is 0 Å². The predicted octanol–water partition coefficient (Wildman–Crippen LogP) is 2.19. The summed E-state index contributed by atoms with van der Waals surface area (Å²) in [6, 6.07) is 5.32. The SMILES string of the molecule is Cc1cc(Cl)ccc1OCc1nnc(SCC(N)=O)o1. The van der Waals surface area contributed by atoms with Gasteiger partial charge in [0, 0.05) is 5.02 Å². The monoisotopic (exact) mass is 313 g/mol. The number of primary amides is 1. The summed E-state index contributed by atoms with van der Waals surface area (Å²) in [4.78, 5) is 10.6. The molecule has 0 bridgehead atoms. The molecule has 0 spiro atoms. The van der Waals surface area contributed by atoms with E-state index in [9.17, 15) is 4.79 Å². The second kappa shape index (κ2) is 6.62. The zero-order chi connectivity index (χ0) is 14.5. The topological polar surface area (TPSA) is 91.2 Å². The van der Waals surface area contributed by atoms with E-state index in [-0.39, 0.29) is 17.6 Å². The zero-order valence-electron chi connectivity index (χ0n) is 10.6. The van der Waals surface area contributed by atoms with Crippen LogP contribution >= 0.6 is 23.4 Å². The van der Waals surface area contributed by atoms with Crippen LogP contribution in [0.15, 0.2) is 27.8 Å². The number of amides is 1. The molecule has 0 aliphatic rings. The van der Waals surface area contributed by atoms with E-state index in [0.29, 0.717) is 16.7 Å². The molecule has 1 aromatic heterocycles. The molecule has 2 aromatic rings. The van der Waals surface area contributed by atoms with Gasteiger partial charge in [-0.1, -0.05) is 23.4 Å². The molecule has 20 heavy (non-hydrogen) atoms. The fourth-order valence-corrected chi connectivity index (χ4v) is 2.15. The van der Waals surface area contributed by atoms with Gasteiger partial charge in [-0.15, -0.1) is 10.2 Å². The van der Waals surface area contributed by atoms with Crippen LogP contribution in [0.5, 0.6) is 5.75 Å². The number of thioether (sulfide) groups is 1. The van der Waals surface area contributed by atoms with Crippen LogP contribution in [-0.2, 0) is 11.4 Å². The Morgan fingerprint density at radius 2 is 2.30 bits per heavy atom. The van der Waals surface area contributed by atoms with Crippen LogP contribution in [0.1, 0.15) is 11.5 Å². The fraction of sp³-hybridized carbons (Fsp3) is 0.250. The lowest BCUT2D eigenvalue weighted by molar-refractivity contribution is -0.115. The summed E-state index contributed by atoms with van der Waals surface area (Å²) in [6.07, 6.45) is 0. The summed E-state index contributed by atoms with van der Waals surface area (Å²) in [6.45, 7) is 2.04. The quantitative estimate of drug-likeness (QED) is 0.822. The van der Waals surface area contributed by atoms with Crippen LogP contribution in [0, 0.1) is 6.92 Å². The number of rotatable bonds is 6. The van der Waals surface area contributed by atoms with Gasteiger partial charge in [0.05, 0.1) is 5.75 Å². The van der Waals surface area contributed by atoms with Crippen LogP contribution in [0.3, 0.4) is 0 Å². The maximum Gasteiger partial charge on any atom is 0.277 e. The van der Waals surface area contributed by atoms with Crippen molar-refractivity contribution in [2.75, 3.05) is 5.75 Å². The lowest BCUT2D eigenvalue weighted by Gasteiger charge is -2.06. The van der Waals surface area contributed by atoms with Gasteiger partial charge in [0.2, 0.25) is 5.91 Å². The number of hydrogen-bond donors (Lipinski definition) is 1. The molecule has 1 amide bonds. The minimum absolute atomic E-state index is 0.0960. The molecule has 0 saturated carbocycles. The number of nitrogens with zero attached hydrogens (tertiary/aromatic N) is 2. The molecule has 1 heterocycles. The molecule has 8 heteroatoms. The maximum atomic E-state index is 10.6. The van der Waals surface area contributed by atoms with Crippen molar-refractivity contribution in [3.8, 4) is 5.75 Å².